The van der Waals surface area contributed by atoms with Crippen molar-refractivity contribution in [3.05, 3.63) is 59.1 Å². The van der Waals surface area contributed by atoms with E-state index in [2.05, 4.69) is 22.9 Å². The predicted molar refractivity (Wildman–Crippen MR) is 102 cm³/mol. The number of carbonyl (C=O) groups excluding carboxylic acids is 2. The van der Waals surface area contributed by atoms with E-state index in [1.165, 1.54) is 0 Å². The summed E-state index contributed by atoms with van der Waals surface area (Å²) in [6.07, 6.45) is 1.97. The molecule has 0 fully saturated rings. The van der Waals surface area contributed by atoms with Crippen LogP contribution < -0.4 is 16.0 Å². The molecule has 0 atom stereocenters. The number of amides is 2. The van der Waals surface area contributed by atoms with Crippen molar-refractivity contribution in [2.24, 2.45) is 0 Å². The van der Waals surface area contributed by atoms with Gasteiger partial charge in [-0.05, 0) is 42.8 Å². The normalized spacial score (nSPS) is 10.2. The topological polar surface area (TPSA) is 70.2 Å². The Morgan fingerprint density at radius 1 is 1.04 bits per heavy atom. The molecule has 2 aromatic rings. The molecule has 2 amide bonds. The van der Waals surface area contributed by atoms with Gasteiger partial charge in [0.1, 0.15) is 0 Å². The van der Waals surface area contributed by atoms with Gasteiger partial charge in [-0.3, -0.25) is 9.59 Å². The molecule has 6 heteroatoms. The third kappa shape index (κ3) is 6.47. The maximum atomic E-state index is 12.1. The second kappa shape index (κ2) is 9.69. The van der Waals surface area contributed by atoms with Gasteiger partial charge in [-0.15, -0.1) is 0 Å². The van der Waals surface area contributed by atoms with Crippen LogP contribution in [0, 0.1) is 0 Å². The Kier molecular flexibility index (Phi) is 7.29. The SMILES string of the molecule is CCCCNC(=O)c1cccc(NC(=O)CNc2cccc(Cl)c2)c1. The van der Waals surface area contributed by atoms with Crippen LogP contribution in [0.25, 0.3) is 0 Å². The van der Waals surface area contributed by atoms with Crippen LogP contribution >= 0.6 is 11.6 Å². The number of hydrogen-bond acceptors (Lipinski definition) is 3. The highest BCUT2D eigenvalue weighted by Gasteiger charge is 2.07. The lowest BCUT2D eigenvalue weighted by atomic mass is 10.2. The molecule has 3 N–H and O–H groups in total. The van der Waals surface area contributed by atoms with Gasteiger partial charge in [-0.2, -0.15) is 0 Å². The van der Waals surface area contributed by atoms with E-state index in [0.29, 0.717) is 22.8 Å². The van der Waals surface area contributed by atoms with Crippen LogP contribution in [0.3, 0.4) is 0 Å². The van der Waals surface area contributed by atoms with Crippen molar-refractivity contribution in [1.29, 1.82) is 0 Å². The highest BCUT2D eigenvalue weighted by atomic mass is 35.5. The van der Waals surface area contributed by atoms with Crippen molar-refractivity contribution in [1.82, 2.24) is 5.32 Å². The van der Waals surface area contributed by atoms with Gasteiger partial charge >= 0.3 is 0 Å². The molecule has 0 saturated heterocycles. The molecule has 0 radical (unpaired) electrons. The summed E-state index contributed by atoms with van der Waals surface area (Å²) in [7, 11) is 0. The Labute approximate surface area is 152 Å². The number of rotatable bonds is 8. The van der Waals surface area contributed by atoms with E-state index >= 15 is 0 Å². The molecule has 25 heavy (non-hydrogen) atoms. The number of halogens is 1. The Bertz CT molecular complexity index is 734. The number of unbranched alkanes of at least 4 members (excludes halogenated alkanes) is 1. The largest absolute Gasteiger partial charge is 0.376 e. The first-order valence-corrected chi connectivity index (χ1v) is 8.64. The van der Waals surface area contributed by atoms with Crippen LogP contribution in [0.4, 0.5) is 11.4 Å². The fourth-order valence-corrected chi connectivity index (χ4v) is 2.40. The Morgan fingerprint density at radius 3 is 2.56 bits per heavy atom. The van der Waals surface area contributed by atoms with Gasteiger partial charge < -0.3 is 16.0 Å². The molecule has 0 saturated carbocycles. The average Bonchev–Trinajstić information content (AvgIpc) is 2.60. The minimum absolute atomic E-state index is 0.104. The van der Waals surface area contributed by atoms with E-state index in [1.54, 1.807) is 36.4 Å². The fraction of sp³-hybridized carbons (Fsp3) is 0.263. The molecule has 5 nitrogen and oxygen atoms in total. The standard InChI is InChI=1S/C19H22ClN3O2/c1-2-3-10-21-19(25)14-6-4-9-17(11-14)23-18(24)13-22-16-8-5-7-15(20)12-16/h4-9,11-12,22H,2-3,10,13H2,1H3,(H,21,25)(H,23,24). The summed E-state index contributed by atoms with van der Waals surface area (Å²) < 4.78 is 0. The van der Waals surface area contributed by atoms with E-state index in [-0.39, 0.29) is 18.4 Å². The number of carbonyl (C=O) groups is 2. The molecule has 0 aliphatic carbocycles. The fourth-order valence-electron chi connectivity index (χ4n) is 2.20. The van der Waals surface area contributed by atoms with Gasteiger partial charge in [-0.25, -0.2) is 0 Å². The zero-order valence-corrected chi connectivity index (χ0v) is 14.9. The van der Waals surface area contributed by atoms with Crippen LogP contribution in [-0.2, 0) is 4.79 Å². The lowest BCUT2D eigenvalue weighted by Gasteiger charge is -2.10. The first-order valence-electron chi connectivity index (χ1n) is 8.26. The maximum Gasteiger partial charge on any atom is 0.251 e. The number of nitrogens with one attached hydrogen (secondary N) is 3. The van der Waals surface area contributed by atoms with Gasteiger partial charge in [0, 0.05) is 28.5 Å². The molecule has 0 aliphatic heterocycles. The second-order valence-electron chi connectivity index (χ2n) is 5.60. The molecule has 132 valence electrons. The molecule has 2 aromatic carbocycles. The van der Waals surface area contributed by atoms with Crippen LogP contribution in [0.1, 0.15) is 30.1 Å². The van der Waals surface area contributed by atoms with Crippen molar-refractivity contribution in [3.8, 4) is 0 Å². The Hall–Kier alpha value is -2.53. The molecule has 2 rings (SSSR count). The minimum atomic E-state index is -0.205. The summed E-state index contributed by atoms with van der Waals surface area (Å²) in [5.41, 5.74) is 1.88. The van der Waals surface area contributed by atoms with E-state index < -0.39 is 0 Å². The third-order valence-corrected chi connectivity index (χ3v) is 3.74. The van der Waals surface area contributed by atoms with Gasteiger partial charge in [-0.1, -0.05) is 37.1 Å². The van der Waals surface area contributed by atoms with E-state index in [4.69, 9.17) is 11.6 Å². The zero-order valence-electron chi connectivity index (χ0n) is 14.1. The average molecular weight is 360 g/mol. The molecule has 0 heterocycles. The van der Waals surface area contributed by atoms with Crippen molar-refractivity contribution >= 4 is 34.8 Å². The zero-order chi connectivity index (χ0) is 18.1. The van der Waals surface area contributed by atoms with Crippen molar-refractivity contribution < 1.29 is 9.59 Å². The Morgan fingerprint density at radius 2 is 1.80 bits per heavy atom. The molecular weight excluding hydrogens is 338 g/mol. The third-order valence-electron chi connectivity index (χ3n) is 3.50. The summed E-state index contributed by atoms with van der Waals surface area (Å²) in [6.45, 7) is 2.82. The number of anilines is 2. The maximum absolute atomic E-state index is 12.1. The predicted octanol–water partition coefficient (Wildman–Crippen LogP) is 3.92. The molecule has 0 aromatic heterocycles. The summed E-state index contributed by atoms with van der Waals surface area (Å²) >= 11 is 5.90. The molecule has 0 spiro atoms. The summed E-state index contributed by atoms with van der Waals surface area (Å²) in [5, 5.41) is 9.24. The van der Waals surface area contributed by atoms with E-state index in [9.17, 15) is 9.59 Å². The molecule has 0 unspecified atom stereocenters. The van der Waals surface area contributed by atoms with E-state index in [0.717, 1.165) is 18.5 Å². The van der Waals surface area contributed by atoms with Crippen LogP contribution in [0.5, 0.6) is 0 Å². The first-order chi connectivity index (χ1) is 12.1. The Balaban J connectivity index is 1.88. The quantitative estimate of drug-likeness (QED) is 0.625. The molecule has 0 bridgehead atoms. The minimum Gasteiger partial charge on any atom is -0.376 e. The summed E-state index contributed by atoms with van der Waals surface area (Å²) in [6, 6.07) is 14.0. The number of benzene rings is 2. The van der Waals surface area contributed by atoms with Crippen LogP contribution in [0.2, 0.25) is 5.02 Å². The lowest BCUT2D eigenvalue weighted by molar-refractivity contribution is -0.114. The molecular formula is C19H22ClN3O2. The first kappa shape index (κ1) is 18.8. The smallest absolute Gasteiger partial charge is 0.251 e. The van der Waals surface area contributed by atoms with Crippen molar-refractivity contribution in [2.75, 3.05) is 23.7 Å². The highest BCUT2D eigenvalue weighted by molar-refractivity contribution is 6.30. The van der Waals surface area contributed by atoms with Crippen LogP contribution in [0.15, 0.2) is 48.5 Å². The van der Waals surface area contributed by atoms with Gasteiger partial charge in [0.25, 0.3) is 5.91 Å². The second-order valence-corrected chi connectivity index (χ2v) is 6.04. The lowest BCUT2D eigenvalue weighted by Crippen LogP contribution is -2.25. The van der Waals surface area contributed by atoms with Crippen molar-refractivity contribution in [3.63, 3.8) is 0 Å². The van der Waals surface area contributed by atoms with E-state index in [1.807, 2.05) is 12.1 Å². The monoisotopic (exact) mass is 359 g/mol. The highest BCUT2D eigenvalue weighted by Crippen LogP contribution is 2.15. The van der Waals surface area contributed by atoms with Gasteiger partial charge in [0.05, 0.1) is 6.54 Å². The van der Waals surface area contributed by atoms with Gasteiger partial charge in [0.2, 0.25) is 5.91 Å². The van der Waals surface area contributed by atoms with Gasteiger partial charge in [0.15, 0.2) is 0 Å². The molecule has 0 aliphatic rings. The summed E-state index contributed by atoms with van der Waals surface area (Å²) in [5.74, 6) is -0.342. The number of hydrogen-bond donors (Lipinski definition) is 3. The van der Waals surface area contributed by atoms with Crippen molar-refractivity contribution in [2.45, 2.75) is 19.8 Å². The van der Waals surface area contributed by atoms with Crippen LogP contribution in [-0.4, -0.2) is 24.9 Å². The summed E-state index contributed by atoms with van der Waals surface area (Å²) in [4.78, 5) is 24.1.